The Kier molecular flexibility index (Phi) is 3.33. The topological polar surface area (TPSA) is 34.9 Å². The molecular weight excluding hydrogens is 296 g/mol. The minimum absolute atomic E-state index is 0.0567. The molecule has 0 atom stereocenters. The number of hydrogen-bond donors (Lipinski definition) is 0. The summed E-state index contributed by atoms with van der Waals surface area (Å²) in [4.78, 5) is 13.1. The Bertz CT molecular complexity index is 759. The molecule has 0 bridgehead atoms. The highest BCUT2D eigenvalue weighted by molar-refractivity contribution is 6.34. The van der Waals surface area contributed by atoms with Crippen LogP contribution in [-0.2, 0) is 12.8 Å². The van der Waals surface area contributed by atoms with E-state index in [0.717, 1.165) is 49.1 Å². The number of carbonyl (C=O) groups is 1. The number of hydrogen-bond acceptors (Lipinski definition) is 2. The predicted molar refractivity (Wildman–Crippen MR) is 86.8 cm³/mol. The lowest BCUT2D eigenvalue weighted by Gasteiger charge is -2.15. The maximum Gasteiger partial charge on any atom is 0.280 e. The van der Waals surface area contributed by atoms with Crippen LogP contribution in [0.1, 0.15) is 64.5 Å². The lowest BCUT2D eigenvalue weighted by molar-refractivity contribution is 0.0940. The smallest absolute Gasteiger partial charge is 0.267 e. The maximum atomic E-state index is 13.1. The zero-order valence-electron chi connectivity index (χ0n) is 12.7. The summed E-state index contributed by atoms with van der Waals surface area (Å²) in [6.07, 6.45) is 6.59. The Morgan fingerprint density at radius 2 is 2.05 bits per heavy atom. The van der Waals surface area contributed by atoms with Crippen LogP contribution in [0.3, 0.4) is 0 Å². The highest BCUT2D eigenvalue weighted by Crippen LogP contribution is 2.43. The first-order valence-corrected chi connectivity index (χ1v) is 8.45. The molecule has 0 unspecified atom stereocenters. The number of carbonyl (C=O) groups excluding carboxylic acids is 1. The summed E-state index contributed by atoms with van der Waals surface area (Å²) in [6.45, 7) is 2.00. The lowest BCUT2D eigenvalue weighted by Crippen LogP contribution is -2.20. The highest BCUT2D eigenvalue weighted by Gasteiger charge is 2.31. The maximum absolute atomic E-state index is 13.1. The summed E-state index contributed by atoms with van der Waals surface area (Å²) in [5, 5.41) is 5.09. The van der Waals surface area contributed by atoms with Crippen molar-refractivity contribution in [1.82, 2.24) is 9.78 Å². The van der Waals surface area contributed by atoms with Crippen molar-refractivity contribution in [2.75, 3.05) is 0 Å². The fraction of sp³-hybridized carbons (Fsp3) is 0.444. The molecule has 4 rings (SSSR count). The third-order valence-electron chi connectivity index (χ3n) is 4.85. The summed E-state index contributed by atoms with van der Waals surface area (Å²) in [5.74, 6) is 0.434. The summed E-state index contributed by atoms with van der Waals surface area (Å²) < 4.78 is 1.62. The van der Waals surface area contributed by atoms with Gasteiger partial charge in [-0.3, -0.25) is 4.79 Å². The summed E-state index contributed by atoms with van der Waals surface area (Å²) in [7, 11) is 0. The average molecular weight is 315 g/mol. The van der Waals surface area contributed by atoms with Gasteiger partial charge in [0.15, 0.2) is 0 Å². The molecule has 1 aromatic heterocycles. The van der Waals surface area contributed by atoms with Crippen molar-refractivity contribution in [2.24, 2.45) is 0 Å². The monoisotopic (exact) mass is 314 g/mol. The molecule has 1 fully saturated rings. The van der Waals surface area contributed by atoms with E-state index in [1.165, 1.54) is 12.0 Å². The Balaban J connectivity index is 1.83. The van der Waals surface area contributed by atoms with Crippen LogP contribution in [0, 0.1) is 6.92 Å². The van der Waals surface area contributed by atoms with Crippen molar-refractivity contribution < 1.29 is 4.79 Å². The standard InChI is InChI=1S/C18H19ClN2O/c1-11-13-5-2-3-8-16(13)21(20-11)18(22)17-14(12-9-10-12)6-4-7-15(17)19/h4,6-7,12H,2-3,5,8-10H2,1H3. The van der Waals surface area contributed by atoms with Crippen molar-refractivity contribution in [2.45, 2.75) is 51.4 Å². The predicted octanol–water partition coefficient (Wildman–Crippen LogP) is 4.29. The average Bonchev–Trinajstić information content (AvgIpc) is 3.31. The van der Waals surface area contributed by atoms with Gasteiger partial charge < -0.3 is 0 Å². The molecule has 4 heteroatoms. The number of aryl methyl sites for hydroxylation is 1. The van der Waals surface area contributed by atoms with Gasteiger partial charge >= 0.3 is 0 Å². The van der Waals surface area contributed by atoms with Gasteiger partial charge in [0.1, 0.15) is 0 Å². The minimum atomic E-state index is -0.0567. The molecule has 2 aliphatic rings. The van der Waals surface area contributed by atoms with E-state index in [2.05, 4.69) is 5.10 Å². The second-order valence-corrected chi connectivity index (χ2v) is 6.82. The normalized spacial score (nSPS) is 17.4. The fourth-order valence-corrected chi connectivity index (χ4v) is 3.82. The first-order valence-electron chi connectivity index (χ1n) is 8.07. The molecule has 0 amide bonds. The largest absolute Gasteiger partial charge is 0.280 e. The van der Waals surface area contributed by atoms with Gasteiger partial charge in [-0.1, -0.05) is 23.7 Å². The van der Waals surface area contributed by atoms with Crippen LogP contribution < -0.4 is 0 Å². The molecule has 0 saturated heterocycles. The Morgan fingerprint density at radius 1 is 1.27 bits per heavy atom. The second kappa shape index (κ2) is 5.24. The molecule has 3 nitrogen and oxygen atoms in total. The highest BCUT2D eigenvalue weighted by atomic mass is 35.5. The second-order valence-electron chi connectivity index (χ2n) is 6.41. The van der Waals surface area contributed by atoms with Crippen molar-refractivity contribution in [1.29, 1.82) is 0 Å². The summed E-state index contributed by atoms with van der Waals surface area (Å²) in [5.41, 5.74) is 5.09. The molecular formula is C18H19ClN2O. The van der Waals surface area contributed by atoms with Gasteiger partial charge in [-0.2, -0.15) is 5.10 Å². The molecule has 114 valence electrons. The zero-order chi connectivity index (χ0) is 15.3. The van der Waals surface area contributed by atoms with Crippen LogP contribution in [0.5, 0.6) is 0 Å². The number of aromatic nitrogens is 2. The number of nitrogens with zero attached hydrogens (tertiary/aromatic N) is 2. The molecule has 0 radical (unpaired) electrons. The van der Waals surface area contributed by atoms with Gasteiger partial charge in [-0.05, 0) is 68.6 Å². The molecule has 2 aliphatic carbocycles. The van der Waals surface area contributed by atoms with Gasteiger partial charge in [0.2, 0.25) is 0 Å². The summed E-state index contributed by atoms with van der Waals surface area (Å²) in [6, 6.07) is 5.79. The van der Waals surface area contributed by atoms with Gasteiger partial charge in [-0.15, -0.1) is 0 Å². The van der Waals surface area contributed by atoms with E-state index in [1.807, 2.05) is 25.1 Å². The molecule has 1 heterocycles. The van der Waals surface area contributed by atoms with E-state index in [-0.39, 0.29) is 5.91 Å². The van der Waals surface area contributed by atoms with E-state index in [9.17, 15) is 4.79 Å². The van der Waals surface area contributed by atoms with Crippen molar-refractivity contribution in [3.63, 3.8) is 0 Å². The third kappa shape index (κ3) is 2.19. The molecule has 1 saturated carbocycles. The van der Waals surface area contributed by atoms with Gasteiger partial charge in [-0.25, -0.2) is 4.68 Å². The molecule has 0 aliphatic heterocycles. The van der Waals surface area contributed by atoms with Crippen LogP contribution in [0.4, 0.5) is 0 Å². The van der Waals surface area contributed by atoms with Crippen LogP contribution >= 0.6 is 11.6 Å². The molecule has 0 spiro atoms. The molecule has 0 N–H and O–H groups in total. The quantitative estimate of drug-likeness (QED) is 0.829. The van der Waals surface area contributed by atoms with Gasteiger partial charge in [0.05, 0.1) is 22.0 Å². The first-order chi connectivity index (χ1) is 10.7. The number of halogens is 1. The zero-order valence-corrected chi connectivity index (χ0v) is 13.5. The van der Waals surface area contributed by atoms with Crippen molar-refractivity contribution in [3.05, 3.63) is 51.3 Å². The molecule has 22 heavy (non-hydrogen) atoms. The van der Waals surface area contributed by atoms with Gasteiger partial charge in [0, 0.05) is 0 Å². The van der Waals surface area contributed by atoms with Crippen LogP contribution in [0.2, 0.25) is 5.02 Å². The van der Waals surface area contributed by atoms with E-state index in [1.54, 1.807) is 4.68 Å². The summed E-state index contributed by atoms with van der Waals surface area (Å²) >= 11 is 6.37. The number of benzene rings is 1. The lowest BCUT2D eigenvalue weighted by atomic mass is 9.95. The van der Waals surface area contributed by atoms with E-state index < -0.39 is 0 Å². The van der Waals surface area contributed by atoms with E-state index in [4.69, 9.17) is 11.6 Å². The molecule has 2 aromatic rings. The Morgan fingerprint density at radius 3 is 2.82 bits per heavy atom. The van der Waals surface area contributed by atoms with E-state index in [0.29, 0.717) is 16.5 Å². The number of fused-ring (bicyclic) bond motifs is 1. The fourth-order valence-electron chi connectivity index (χ4n) is 3.56. The third-order valence-corrected chi connectivity index (χ3v) is 5.17. The minimum Gasteiger partial charge on any atom is -0.267 e. The van der Waals surface area contributed by atoms with Crippen molar-refractivity contribution >= 4 is 17.5 Å². The Labute approximate surface area is 135 Å². The Hall–Kier alpha value is -1.61. The SMILES string of the molecule is Cc1nn(C(=O)c2c(Cl)cccc2C2CC2)c2c1CCCC2. The number of rotatable bonds is 2. The van der Waals surface area contributed by atoms with E-state index >= 15 is 0 Å². The van der Waals surface area contributed by atoms with Crippen LogP contribution in [0.15, 0.2) is 18.2 Å². The van der Waals surface area contributed by atoms with Crippen LogP contribution in [0.25, 0.3) is 0 Å². The van der Waals surface area contributed by atoms with Gasteiger partial charge in [0.25, 0.3) is 5.91 Å². The first kappa shape index (κ1) is 14.0. The van der Waals surface area contributed by atoms with Crippen molar-refractivity contribution in [3.8, 4) is 0 Å². The van der Waals surface area contributed by atoms with Crippen LogP contribution in [-0.4, -0.2) is 15.7 Å². The molecule has 1 aromatic carbocycles.